The fraction of sp³-hybridized carbons (Fsp3) is 0.600. The van der Waals surface area contributed by atoms with Gasteiger partial charge in [0, 0.05) is 43.9 Å². The number of carbonyl (C=O) groups excluding carboxylic acids is 1. The lowest BCUT2D eigenvalue weighted by molar-refractivity contribution is 0.0875. The third-order valence-corrected chi connectivity index (χ3v) is 4.33. The Morgan fingerprint density at radius 3 is 2.47 bits per heavy atom. The van der Waals surface area contributed by atoms with Crippen LogP contribution in [0.4, 0.5) is 5.82 Å². The molecule has 1 aromatic heterocycles. The van der Waals surface area contributed by atoms with E-state index in [0.29, 0.717) is 12.1 Å². The number of nitrogens with zero attached hydrogens (tertiary/aromatic N) is 2. The van der Waals surface area contributed by atoms with Gasteiger partial charge in [0.1, 0.15) is 5.82 Å². The van der Waals surface area contributed by atoms with E-state index in [1.807, 2.05) is 31.1 Å². The zero-order chi connectivity index (χ0) is 13.4. The van der Waals surface area contributed by atoms with Crippen molar-refractivity contribution in [3.8, 4) is 0 Å². The molecule has 0 radical (unpaired) electrons. The van der Waals surface area contributed by atoms with Gasteiger partial charge in [-0.1, -0.05) is 0 Å². The highest BCUT2D eigenvalue weighted by Crippen LogP contribution is 2.32. The first-order valence-corrected chi connectivity index (χ1v) is 7.07. The summed E-state index contributed by atoms with van der Waals surface area (Å²) >= 11 is 0. The number of nitrogens with one attached hydrogen (secondary N) is 1. The molecule has 2 saturated heterocycles. The summed E-state index contributed by atoms with van der Waals surface area (Å²) in [5, 5.41) is 3.58. The molecule has 1 aromatic rings. The third kappa shape index (κ3) is 2.50. The van der Waals surface area contributed by atoms with Gasteiger partial charge in [0.05, 0.1) is 0 Å². The zero-order valence-electron chi connectivity index (χ0n) is 11.6. The molecule has 4 heteroatoms. The average molecular weight is 259 g/mol. The predicted molar refractivity (Wildman–Crippen MR) is 75.6 cm³/mol. The van der Waals surface area contributed by atoms with Gasteiger partial charge in [-0.05, 0) is 37.8 Å². The van der Waals surface area contributed by atoms with Gasteiger partial charge in [-0.15, -0.1) is 0 Å². The maximum atomic E-state index is 12.5. The van der Waals surface area contributed by atoms with Gasteiger partial charge in [0.15, 0.2) is 5.78 Å². The molecule has 0 spiro atoms. The highest BCUT2D eigenvalue weighted by Gasteiger charge is 2.36. The summed E-state index contributed by atoms with van der Waals surface area (Å²) in [6.45, 7) is 0. The number of aromatic nitrogens is 1. The average Bonchev–Trinajstić information content (AvgIpc) is 2.76. The Bertz CT molecular complexity index is 457. The van der Waals surface area contributed by atoms with E-state index in [0.717, 1.165) is 24.2 Å². The molecule has 1 N–H and O–H groups in total. The summed E-state index contributed by atoms with van der Waals surface area (Å²) < 4.78 is 0. The molecule has 3 heterocycles. The predicted octanol–water partition coefficient (Wildman–Crippen LogP) is 1.86. The van der Waals surface area contributed by atoms with Crippen molar-refractivity contribution in [1.29, 1.82) is 0 Å². The molecule has 0 amide bonds. The number of ketones is 1. The Morgan fingerprint density at radius 2 is 1.95 bits per heavy atom. The third-order valence-electron chi connectivity index (χ3n) is 4.33. The molecule has 2 atom stereocenters. The second-order valence-electron chi connectivity index (χ2n) is 5.97. The van der Waals surface area contributed by atoms with Crippen molar-refractivity contribution >= 4 is 11.6 Å². The minimum absolute atomic E-state index is 0.186. The first kappa shape index (κ1) is 12.6. The number of hydrogen-bond acceptors (Lipinski definition) is 4. The number of rotatable bonds is 3. The summed E-state index contributed by atoms with van der Waals surface area (Å²) in [5.74, 6) is 1.35. The monoisotopic (exact) mass is 259 g/mol. The zero-order valence-corrected chi connectivity index (χ0v) is 11.6. The van der Waals surface area contributed by atoms with Gasteiger partial charge in [0.2, 0.25) is 0 Å². The van der Waals surface area contributed by atoms with Crippen molar-refractivity contribution < 1.29 is 4.79 Å². The lowest BCUT2D eigenvalue weighted by atomic mass is 9.86. The van der Waals surface area contributed by atoms with E-state index in [-0.39, 0.29) is 11.7 Å². The maximum Gasteiger partial charge on any atom is 0.167 e. The van der Waals surface area contributed by atoms with Crippen molar-refractivity contribution in [2.45, 2.75) is 37.8 Å². The number of fused-ring (bicyclic) bond motifs is 2. The van der Waals surface area contributed by atoms with Crippen molar-refractivity contribution in [2.75, 3.05) is 19.0 Å². The number of carbonyl (C=O) groups is 1. The largest absolute Gasteiger partial charge is 0.363 e. The molecule has 0 aromatic carbocycles. The second-order valence-corrected chi connectivity index (χ2v) is 5.97. The van der Waals surface area contributed by atoms with Crippen LogP contribution in [0.2, 0.25) is 0 Å². The van der Waals surface area contributed by atoms with E-state index >= 15 is 0 Å². The summed E-state index contributed by atoms with van der Waals surface area (Å²) in [7, 11) is 3.91. The Hall–Kier alpha value is -1.42. The highest BCUT2D eigenvalue weighted by molar-refractivity contribution is 5.97. The molecular formula is C15H21N3O. The van der Waals surface area contributed by atoms with Crippen LogP contribution < -0.4 is 10.2 Å². The van der Waals surface area contributed by atoms with Crippen LogP contribution in [-0.2, 0) is 0 Å². The number of Topliss-reactive ketones (excluding diaryl/α,β-unsaturated/α-hetero) is 1. The quantitative estimate of drug-likeness (QED) is 0.842. The minimum atomic E-state index is 0.186. The van der Waals surface area contributed by atoms with Crippen LogP contribution in [-0.4, -0.2) is 36.9 Å². The highest BCUT2D eigenvalue weighted by atomic mass is 16.1. The summed E-state index contributed by atoms with van der Waals surface area (Å²) in [4.78, 5) is 18.8. The topological polar surface area (TPSA) is 45.2 Å². The normalized spacial score (nSPS) is 29.3. The summed E-state index contributed by atoms with van der Waals surface area (Å²) in [5.41, 5.74) is 0.761. The molecule has 3 rings (SSSR count). The Balaban J connectivity index is 1.73. The molecule has 2 aliphatic rings. The number of pyridine rings is 1. The van der Waals surface area contributed by atoms with Crippen molar-refractivity contribution in [3.63, 3.8) is 0 Å². The Labute approximate surface area is 114 Å². The molecule has 102 valence electrons. The van der Waals surface area contributed by atoms with Gasteiger partial charge < -0.3 is 10.2 Å². The van der Waals surface area contributed by atoms with Crippen molar-refractivity contribution in [2.24, 2.45) is 5.92 Å². The second kappa shape index (κ2) is 4.93. The van der Waals surface area contributed by atoms with Gasteiger partial charge in [0.25, 0.3) is 0 Å². The molecule has 4 nitrogen and oxygen atoms in total. The van der Waals surface area contributed by atoms with E-state index in [9.17, 15) is 4.79 Å². The minimum Gasteiger partial charge on any atom is -0.363 e. The van der Waals surface area contributed by atoms with Crippen LogP contribution in [0.25, 0.3) is 0 Å². The molecule has 2 fully saturated rings. The molecule has 19 heavy (non-hydrogen) atoms. The molecule has 0 saturated carbocycles. The number of hydrogen-bond donors (Lipinski definition) is 1. The molecular weight excluding hydrogens is 238 g/mol. The van der Waals surface area contributed by atoms with Crippen LogP contribution in [0.3, 0.4) is 0 Å². The molecule has 2 aliphatic heterocycles. The SMILES string of the molecule is CN(C)c1ccc(C(=O)C2CC3CCC(C2)N3)cn1. The lowest BCUT2D eigenvalue weighted by Crippen LogP contribution is -2.40. The Morgan fingerprint density at radius 1 is 1.26 bits per heavy atom. The fourth-order valence-corrected chi connectivity index (χ4v) is 3.30. The standard InChI is InChI=1S/C15H21N3O/c1-18(2)14-6-3-10(9-16-14)15(19)11-7-12-4-5-13(8-11)17-12/h3,6,9,11-13,17H,4-5,7-8H2,1-2H3. The Kier molecular flexibility index (Phi) is 3.27. The molecule has 2 bridgehead atoms. The van der Waals surface area contributed by atoms with E-state index in [4.69, 9.17) is 0 Å². The number of piperidine rings is 1. The lowest BCUT2D eigenvalue weighted by Gasteiger charge is -2.28. The maximum absolute atomic E-state index is 12.5. The molecule has 0 aliphatic carbocycles. The van der Waals surface area contributed by atoms with Crippen LogP contribution in [0.5, 0.6) is 0 Å². The van der Waals surface area contributed by atoms with Gasteiger partial charge >= 0.3 is 0 Å². The molecule has 2 unspecified atom stereocenters. The summed E-state index contributed by atoms with van der Waals surface area (Å²) in [6.07, 6.45) is 6.16. The van der Waals surface area contributed by atoms with E-state index in [1.54, 1.807) is 6.20 Å². The summed E-state index contributed by atoms with van der Waals surface area (Å²) in [6, 6.07) is 4.95. The van der Waals surface area contributed by atoms with Gasteiger partial charge in [-0.25, -0.2) is 4.98 Å². The van der Waals surface area contributed by atoms with Crippen molar-refractivity contribution in [3.05, 3.63) is 23.9 Å². The number of anilines is 1. The van der Waals surface area contributed by atoms with E-state index in [1.165, 1.54) is 12.8 Å². The smallest absolute Gasteiger partial charge is 0.167 e. The van der Waals surface area contributed by atoms with Crippen LogP contribution in [0.1, 0.15) is 36.0 Å². The van der Waals surface area contributed by atoms with Gasteiger partial charge in [-0.2, -0.15) is 0 Å². The first-order chi connectivity index (χ1) is 9.13. The van der Waals surface area contributed by atoms with Gasteiger partial charge in [-0.3, -0.25) is 4.79 Å². The van der Waals surface area contributed by atoms with Crippen LogP contribution in [0, 0.1) is 5.92 Å². The fourth-order valence-electron chi connectivity index (χ4n) is 3.30. The van der Waals surface area contributed by atoms with Crippen LogP contribution in [0.15, 0.2) is 18.3 Å². The first-order valence-electron chi connectivity index (χ1n) is 7.07. The van der Waals surface area contributed by atoms with E-state index in [2.05, 4.69) is 10.3 Å². The van der Waals surface area contributed by atoms with Crippen LogP contribution >= 0.6 is 0 Å². The van der Waals surface area contributed by atoms with E-state index < -0.39 is 0 Å². The van der Waals surface area contributed by atoms with Crippen molar-refractivity contribution in [1.82, 2.24) is 10.3 Å².